The Kier molecular flexibility index (Phi) is 5.62. The van der Waals surface area contributed by atoms with E-state index >= 15 is 0 Å². The van der Waals surface area contributed by atoms with Gasteiger partial charge in [-0.25, -0.2) is 0 Å². The van der Waals surface area contributed by atoms with Crippen molar-refractivity contribution in [3.8, 4) is 5.75 Å². The Morgan fingerprint density at radius 3 is 2.71 bits per heavy atom. The summed E-state index contributed by atoms with van der Waals surface area (Å²) in [5, 5.41) is 3.04. The second-order valence-electron chi connectivity index (χ2n) is 6.13. The molecule has 1 aliphatic heterocycles. The van der Waals surface area contributed by atoms with Crippen molar-refractivity contribution in [2.75, 3.05) is 20.1 Å². The molecule has 0 aliphatic carbocycles. The van der Waals surface area contributed by atoms with Crippen LogP contribution in [0.15, 0.2) is 24.3 Å². The van der Waals surface area contributed by atoms with Crippen LogP contribution in [0.2, 0.25) is 0 Å². The minimum Gasteiger partial charge on any atom is -0.491 e. The van der Waals surface area contributed by atoms with Crippen LogP contribution in [0.4, 0.5) is 0 Å². The van der Waals surface area contributed by atoms with Crippen molar-refractivity contribution < 1.29 is 9.53 Å². The summed E-state index contributed by atoms with van der Waals surface area (Å²) in [7, 11) is 2.08. The van der Waals surface area contributed by atoms with E-state index in [2.05, 4.69) is 17.3 Å². The molecular weight excluding hydrogens is 264 g/mol. The van der Waals surface area contributed by atoms with E-state index in [-0.39, 0.29) is 17.9 Å². The van der Waals surface area contributed by atoms with Crippen molar-refractivity contribution >= 4 is 5.91 Å². The van der Waals surface area contributed by atoms with E-state index in [0.717, 1.165) is 37.2 Å². The minimum absolute atomic E-state index is 0.132. The van der Waals surface area contributed by atoms with Crippen LogP contribution < -0.4 is 10.1 Å². The van der Waals surface area contributed by atoms with Crippen molar-refractivity contribution in [3.63, 3.8) is 0 Å². The molecule has 1 amide bonds. The maximum Gasteiger partial charge on any atom is 0.224 e. The van der Waals surface area contributed by atoms with Crippen molar-refractivity contribution in [1.29, 1.82) is 0 Å². The van der Waals surface area contributed by atoms with Gasteiger partial charge in [0, 0.05) is 13.1 Å². The standard InChI is InChI=1S/C17H26N2O2/c1-13(2)21-16-8-6-14(7-9-16)11-18-17(20)15-5-4-10-19(3)12-15/h6-9,13,15H,4-5,10-12H2,1-3H3,(H,18,20). The lowest BCUT2D eigenvalue weighted by molar-refractivity contribution is -0.126. The van der Waals surface area contributed by atoms with Crippen molar-refractivity contribution in [2.45, 2.75) is 39.3 Å². The molecule has 0 spiro atoms. The highest BCUT2D eigenvalue weighted by molar-refractivity contribution is 5.78. The van der Waals surface area contributed by atoms with Gasteiger partial charge in [0.05, 0.1) is 12.0 Å². The predicted octanol–water partition coefficient (Wildman–Crippen LogP) is 2.43. The van der Waals surface area contributed by atoms with Gasteiger partial charge in [-0.3, -0.25) is 4.79 Å². The molecule has 1 unspecified atom stereocenters. The molecule has 1 aromatic rings. The van der Waals surface area contributed by atoms with Crippen LogP contribution in [0.1, 0.15) is 32.3 Å². The zero-order chi connectivity index (χ0) is 15.2. The fourth-order valence-corrected chi connectivity index (χ4v) is 2.67. The number of likely N-dealkylation sites (tertiary alicyclic amines) is 1. The average Bonchev–Trinajstić information content (AvgIpc) is 2.45. The number of carbonyl (C=O) groups is 1. The fraction of sp³-hybridized carbons (Fsp3) is 0.588. The summed E-state index contributed by atoms with van der Waals surface area (Å²) in [5.74, 6) is 1.17. The van der Waals surface area contributed by atoms with Crippen LogP contribution in [0.5, 0.6) is 5.75 Å². The lowest BCUT2D eigenvalue weighted by Crippen LogP contribution is -2.41. The molecule has 2 rings (SSSR count). The van der Waals surface area contributed by atoms with Gasteiger partial charge < -0.3 is 15.0 Å². The average molecular weight is 290 g/mol. The topological polar surface area (TPSA) is 41.6 Å². The Morgan fingerprint density at radius 1 is 1.38 bits per heavy atom. The lowest BCUT2D eigenvalue weighted by atomic mass is 9.97. The summed E-state index contributed by atoms with van der Waals surface area (Å²) < 4.78 is 5.61. The van der Waals surface area contributed by atoms with Crippen LogP contribution in [0.25, 0.3) is 0 Å². The van der Waals surface area contributed by atoms with Gasteiger partial charge in [-0.05, 0) is 58.0 Å². The molecule has 1 aliphatic rings. The van der Waals surface area contributed by atoms with E-state index in [1.165, 1.54) is 0 Å². The SMILES string of the molecule is CC(C)Oc1ccc(CNC(=O)C2CCCN(C)C2)cc1. The summed E-state index contributed by atoms with van der Waals surface area (Å²) in [6.07, 6.45) is 2.28. The highest BCUT2D eigenvalue weighted by Crippen LogP contribution is 2.16. The molecule has 0 bridgehead atoms. The van der Waals surface area contributed by atoms with Gasteiger partial charge >= 0.3 is 0 Å². The number of nitrogens with one attached hydrogen (secondary N) is 1. The molecular formula is C17H26N2O2. The summed E-state index contributed by atoms with van der Waals surface area (Å²) >= 11 is 0. The van der Waals surface area contributed by atoms with Crippen molar-refractivity contribution in [1.82, 2.24) is 10.2 Å². The van der Waals surface area contributed by atoms with Gasteiger partial charge in [0.1, 0.15) is 5.75 Å². The van der Waals surface area contributed by atoms with Gasteiger partial charge in [0.25, 0.3) is 0 Å². The number of carbonyl (C=O) groups excluding carboxylic acids is 1. The number of hydrogen-bond acceptors (Lipinski definition) is 3. The van der Waals surface area contributed by atoms with Crippen molar-refractivity contribution in [2.24, 2.45) is 5.92 Å². The number of benzene rings is 1. The molecule has 1 atom stereocenters. The van der Waals surface area contributed by atoms with E-state index in [1.54, 1.807) is 0 Å². The fourth-order valence-electron chi connectivity index (χ4n) is 2.67. The zero-order valence-electron chi connectivity index (χ0n) is 13.3. The van der Waals surface area contributed by atoms with Crippen molar-refractivity contribution in [3.05, 3.63) is 29.8 Å². The second kappa shape index (κ2) is 7.46. The van der Waals surface area contributed by atoms with Gasteiger partial charge in [-0.15, -0.1) is 0 Å². The lowest BCUT2D eigenvalue weighted by Gasteiger charge is -2.28. The Balaban J connectivity index is 1.80. The normalized spacial score (nSPS) is 19.5. The van der Waals surface area contributed by atoms with Gasteiger partial charge in [-0.2, -0.15) is 0 Å². The molecule has 1 heterocycles. The van der Waals surface area contributed by atoms with Crippen LogP contribution in [-0.4, -0.2) is 37.0 Å². The molecule has 0 aromatic heterocycles. The molecule has 4 nitrogen and oxygen atoms in total. The van der Waals surface area contributed by atoms with Crippen LogP contribution in [0.3, 0.4) is 0 Å². The number of nitrogens with zero attached hydrogens (tertiary/aromatic N) is 1. The largest absolute Gasteiger partial charge is 0.491 e. The number of hydrogen-bond donors (Lipinski definition) is 1. The number of piperidine rings is 1. The van der Waals surface area contributed by atoms with E-state index < -0.39 is 0 Å². The maximum atomic E-state index is 12.2. The highest BCUT2D eigenvalue weighted by Gasteiger charge is 2.23. The summed E-state index contributed by atoms with van der Waals surface area (Å²) in [4.78, 5) is 14.4. The van der Waals surface area contributed by atoms with Crippen LogP contribution in [0, 0.1) is 5.92 Å². The van der Waals surface area contributed by atoms with E-state index in [0.29, 0.717) is 6.54 Å². The molecule has 1 fully saturated rings. The van der Waals surface area contributed by atoms with E-state index in [1.807, 2.05) is 38.1 Å². The second-order valence-corrected chi connectivity index (χ2v) is 6.13. The summed E-state index contributed by atoms with van der Waals surface area (Å²) in [6, 6.07) is 7.92. The summed E-state index contributed by atoms with van der Waals surface area (Å²) in [5.41, 5.74) is 1.10. The molecule has 1 saturated heterocycles. The number of amides is 1. The van der Waals surface area contributed by atoms with E-state index in [9.17, 15) is 4.79 Å². The Labute approximate surface area is 127 Å². The first kappa shape index (κ1) is 15.8. The Hall–Kier alpha value is -1.55. The number of ether oxygens (including phenoxy) is 1. The predicted molar refractivity (Wildman–Crippen MR) is 84.3 cm³/mol. The molecule has 4 heteroatoms. The molecule has 21 heavy (non-hydrogen) atoms. The Bertz CT molecular complexity index is 456. The van der Waals surface area contributed by atoms with Gasteiger partial charge in [0.15, 0.2) is 0 Å². The summed E-state index contributed by atoms with van der Waals surface area (Å²) in [6.45, 7) is 6.57. The Morgan fingerprint density at radius 2 is 2.10 bits per heavy atom. The van der Waals surface area contributed by atoms with Gasteiger partial charge in [-0.1, -0.05) is 12.1 Å². The quantitative estimate of drug-likeness (QED) is 0.905. The smallest absolute Gasteiger partial charge is 0.224 e. The van der Waals surface area contributed by atoms with Crippen LogP contribution >= 0.6 is 0 Å². The molecule has 1 N–H and O–H groups in total. The third-order valence-corrected chi connectivity index (χ3v) is 3.76. The third kappa shape index (κ3) is 5.05. The first-order valence-corrected chi connectivity index (χ1v) is 7.76. The zero-order valence-corrected chi connectivity index (χ0v) is 13.3. The maximum absolute atomic E-state index is 12.2. The van der Waals surface area contributed by atoms with Crippen LogP contribution in [-0.2, 0) is 11.3 Å². The third-order valence-electron chi connectivity index (χ3n) is 3.76. The molecule has 0 radical (unpaired) electrons. The van der Waals surface area contributed by atoms with E-state index in [4.69, 9.17) is 4.74 Å². The first-order chi connectivity index (χ1) is 10.0. The minimum atomic E-state index is 0.132. The number of rotatable bonds is 5. The highest BCUT2D eigenvalue weighted by atomic mass is 16.5. The monoisotopic (exact) mass is 290 g/mol. The van der Waals surface area contributed by atoms with Gasteiger partial charge in [0.2, 0.25) is 5.91 Å². The molecule has 0 saturated carbocycles. The first-order valence-electron chi connectivity index (χ1n) is 7.76. The molecule has 116 valence electrons. The molecule has 1 aromatic carbocycles.